The minimum absolute atomic E-state index is 0.0256. The van der Waals surface area contributed by atoms with Gasteiger partial charge < -0.3 is 15.7 Å². The predicted octanol–water partition coefficient (Wildman–Crippen LogP) is 2.36. The Bertz CT molecular complexity index is 446. The molecule has 0 spiro atoms. The highest BCUT2D eigenvalue weighted by molar-refractivity contribution is 5.95. The molecular formula is C11H13F3N2O2. The molecule has 0 fully saturated rings. The average molecular weight is 262 g/mol. The number of nitrogen functional groups attached to an aromatic ring is 1. The number of alkyl halides is 3. The molecule has 0 aliphatic carbocycles. The Morgan fingerprint density at radius 1 is 1.44 bits per heavy atom. The van der Waals surface area contributed by atoms with Crippen molar-refractivity contribution < 1.29 is 23.1 Å². The summed E-state index contributed by atoms with van der Waals surface area (Å²) in [6.07, 6.45) is -4.41. The molecule has 7 heteroatoms. The number of halogens is 3. The van der Waals surface area contributed by atoms with Crippen LogP contribution in [0.5, 0.6) is 0 Å². The molecule has 100 valence electrons. The van der Waals surface area contributed by atoms with E-state index in [-0.39, 0.29) is 23.5 Å². The highest BCUT2D eigenvalue weighted by Gasteiger charge is 2.31. The molecule has 0 aliphatic rings. The van der Waals surface area contributed by atoms with Gasteiger partial charge in [0.15, 0.2) is 0 Å². The summed E-state index contributed by atoms with van der Waals surface area (Å²) in [5.41, 5.74) is 5.48. The molecule has 0 aliphatic heterocycles. The zero-order chi connectivity index (χ0) is 13.9. The number of aromatic carboxylic acids is 1. The molecule has 0 aromatic heterocycles. The highest BCUT2D eigenvalue weighted by atomic mass is 19.4. The summed E-state index contributed by atoms with van der Waals surface area (Å²) in [6, 6.07) is 3.78. The number of nitrogens with zero attached hydrogens (tertiary/aromatic N) is 1. The van der Waals surface area contributed by atoms with E-state index >= 15 is 0 Å². The van der Waals surface area contributed by atoms with Crippen LogP contribution in [0, 0.1) is 0 Å². The fourth-order valence-corrected chi connectivity index (χ4v) is 1.57. The van der Waals surface area contributed by atoms with Gasteiger partial charge in [-0.1, -0.05) is 0 Å². The fourth-order valence-electron chi connectivity index (χ4n) is 1.57. The lowest BCUT2D eigenvalue weighted by Gasteiger charge is -2.26. The third-order valence-corrected chi connectivity index (χ3v) is 2.34. The van der Waals surface area contributed by atoms with E-state index in [2.05, 4.69) is 0 Å². The Morgan fingerprint density at radius 2 is 2.06 bits per heavy atom. The first-order chi connectivity index (χ1) is 8.24. The van der Waals surface area contributed by atoms with Gasteiger partial charge in [0.25, 0.3) is 0 Å². The Labute approximate surface area is 102 Å². The third-order valence-electron chi connectivity index (χ3n) is 2.34. The number of carboxylic acids is 1. The summed E-state index contributed by atoms with van der Waals surface area (Å²) in [5, 5.41) is 8.95. The summed E-state index contributed by atoms with van der Waals surface area (Å²) in [7, 11) is 0. The van der Waals surface area contributed by atoms with Crippen molar-refractivity contribution in [3.8, 4) is 0 Å². The Kier molecular flexibility index (Phi) is 4.05. The second kappa shape index (κ2) is 5.16. The molecule has 0 saturated carbocycles. The van der Waals surface area contributed by atoms with Gasteiger partial charge in [-0.25, -0.2) is 4.79 Å². The van der Waals surface area contributed by atoms with Crippen molar-refractivity contribution in [3.05, 3.63) is 23.8 Å². The second-order valence-electron chi connectivity index (χ2n) is 3.71. The van der Waals surface area contributed by atoms with Gasteiger partial charge in [-0.05, 0) is 25.1 Å². The summed E-state index contributed by atoms with van der Waals surface area (Å²) in [4.78, 5) is 11.9. The largest absolute Gasteiger partial charge is 0.478 e. The van der Waals surface area contributed by atoms with E-state index in [0.717, 1.165) is 4.90 Å². The van der Waals surface area contributed by atoms with Gasteiger partial charge in [0.2, 0.25) is 0 Å². The Hall–Kier alpha value is -1.92. The number of rotatable bonds is 4. The molecule has 1 aromatic rings. The smallest absolute Gasteiger partial charge is 0.405 e. The van der Waals surface area contributed by atoms with Crippen molar-refractivity contribution in [1.29, 1.82) is 0 Å². The minimum atomic E-state index is -4.41. The number of hydrogen-bond acceptors (Lipinski definition) is 3. The topological polar surface area (TPSA) is 66.6 Å². The van der Waals surface area contributed by atoms with Gasteiger partial charge in [0, 0.05) is 12.2 Å². The van der Waals surface area contributed by atoms with Crippen LogP contribution in [0.2, 0.25) is 0 Å². The summed E-state index contributed by atoms with van der Waals surface area (Å²) in [6.45, 7) is 0.330. The molecule has 1 rings (SSSR count). The van der Waals surface area contributed by atoms with E-state index in [1.807, 2.05) is 0 Å². The maximum Gasteiger partial charge on any atom is 0.405 e. The van der Waals surface area contributed by atoms with E-state index < -0.39 is 18.7 Å². The Morgan fingerprint density at radius 3 is 2.50 bits per heavy atom. The summed E-state index contributed by atoms with van der Waals surface area (Å²) >= 11 is 0. The van der Waals surface area contributed by atoms with E-state index in [9.17, 15) is 18.0 Å². The summed E-state index contributed by atoms with van der Waals surface area (Å²) in [5.74, 6) is -1.29. The number of nitrogens with two attached hydrogens (primary N) is 1. The first kappa shape index (κ1) is 14.1. The average Bonchev–Trinajstić information content (AvgIpc) is 2.24. The lowest BCUT2D eigenvalue weighted by atomic mass is 10.1. The number of anilines is 2. The molecule has 0 bridgehead atoms. The van der Waals surface area contributed by atoms with Crippen LogP contribution in [-0.4, -0.2) is 30.3 Å². The Balaban J connectivity index is 3.19. The second-order valence-corrected chi connectivity index (χ2v) is 3.71. The summed E-state index contributed by atoms with van der Waals surface area (Å²) < 4.78 is 37.2. The van der Waals surface area contributed by atoms with E-state index in [4.69, 9.17) is 10.8 Å². The molecule has 0 atom stereocenters. The van der Waals surface area contributed by atoms with Crippen molar-refractivity contribution in [2.75, 3.05) is 23.7 Å². The SMILES string of the molecule is CCN(CC(F)(F)F)c1cc(N)ccc1C(=O)O. The zero-order valence-corrected chi connectivity index (χ0v) is 9.66. The first-order valence-electron chi connectivity index (χ1n) is 5.19. The van der Waals surface area contributed by atoms with Crippen LogP contribution in [0.4, 0.5) is 24.5 Å². The monoisotopic (exact) mass is 262 g/mol. The predicted molar refractivity (Wildman–Crippen MR) is 61.8 cm³/mol. The van der Waals surface area contributed by atoms with Crippen molar-refractivity contribution in [1.82, 2.24) is 0 Å². The van der Waals surface area contributed by atoms with E-state index in [1.54, 1.807) is 0 Å². The quantitative estimate of drug-likeness (QED) is 0.817. The molecule has 0 amide bonds. The number of carbonyl (C=O) groups is 1. The van der Waals surface area contributed by atoms with Gasteiger partial charge >= 0.3 is 12.1 Å². The lowest BCUT2D eigenvalue weighted by molar-refractivity contribution is -0.119. The zero-order valence-electron chi connectivity index (χ0n) is 9.66. The minimum Gasteiger partial charge on any atom is -0.478 e. The van der Waals surface area contributed by atoms with Crippen LogP contribution >= 0.6 is 0 Å². The van der Waals surface area contributed by atoms with Gasteiger partial charge in [-0.2, -0.15) is 13.2 Å². The number of benzene rings is 1. The van der Waals surface area contributed by atoms with Crippen LogP contribution in [0.25, 0.3) is 0 Å². The van der Waals surface area contributed by atoms with Crippen LogP contribution in [0.15, 0.2) is 18.2 Å². The number of hydrogen-bond donors (Lipinski definition) is 2. The van der Waals surface area contributed by atoms with Gasteiger partial charge in [-0.3, -0.25) is 0 Å². The van der Waals surface area contributed by atoms with Crippen LogP contribution in [0.3, 0.4) is 0 Å². The molecular weight excluding hydrogens is 249 g/mol. The first-order valence-corrected chi connectivity index (χ1v) is 5.19. The molecule has 0 radical (unpaired) electrons. The van der Waals surface area contributed by atoms with Crippen molar-refractivity contribution in [2.45, 2.75) is 13.1 Å². The molecule has 1 aromatic carbocycles. The van der Waals surface area contributed by atoms with Crippen LogP contribution in [-0.2, 0) is 0 Å². The maximum atomic E-state index is 12.4. The molecule has 18 heavy (non-hydrogen) atoms. The normalized spacial score (nSPS) is 11.3. The van der Waals surface area contributed by atoms with Crippen LogP contribution in [0.1, 0.15) is 17.3 Å². The molecule has 3 N–H and O–H groups in total. The van der Waals surface area contributed by atoms with Crippen molar-refractivity contribution in [3.63, 3.8) is 0 Å². The third kappa shape index (κ3) is 3.54. The number of carboxylic acid groups (broad SMARTS) is 1. The van der Waals surface area contributed by atoms with E-state index in [0.29, 0.717) is 0 Å². The van der Waals surface area contributed by atoms with Gasteiger partial charge in [0.1, 0.15) is 6.54 Å². The molecule has 0 saturated heterocycles. The van der Waals surface area contributed by atoms with Gasteiger partial charge in [0.05, 0.1) is 11.3 Å². The van der Waals surface area contributed by atoms with E-state index in [1.165, 1.54) is 25.1 Å². The standard InChI is InChI=1S/C11H13F3N2O2/c1-2-16(6-11(12,13)14)9-5-7(15)3-4-8(9)10(17)18/h3-5H,2,6,15H2,1H3,(H,17,18). The molecule has 0 unspecified atom stereocenters. The van der Waals surface area contributed by atoms with Crippen LogP contribution < -0.4 is 10.6 Å². The molecule has 4 nitrogen and oxygen atoms in total. The molecule has 0 heterocycles. The van der Waals surface area contributed by atoms with Crippen molar-refractivity contribution >= 4 is 17.3 Å². The lowest BCUT2D eigenvalue weighted by Crippen LogP contribution is -2.35. The highest BCUT2D eigenvalue weighted by Crippen LogP contribution is 2.27. The van der Waals surface area contributed by atoms with Gasteiger partial charge in [-0.15, -0.1) is 0 Å². The maximum absolute atomic E-state index is 12.4. The fraction of sp³-hybridized carbons (Fsp3) is 0.364. The van der Waals surface area contributed by atoms with Crippen molar-refractivity contribution in [2.24, 2.45) is 0 Å².